The molecule has 1 atom stereocenters. The lowest BCUT2D eigenvalue weighted by Gasteiger charge is -2.20. The minimum Gasteiger partial charge on any atom is -0.271 e. The van der Waals surface area contributed by atoms with Gasteiger partial charge in [0.25, 0.3) is 0 Å². The fourth-order valence-electron chi connectivity index (χ4n) is 2.84. The summed E-state index contributed by atoms with van der Waals surface area (Å²) in [6.07, 6.45) is 7.31. The maximum atomic E-state index is 11.6. The molecule has 2 rings (SSSR count). The van der Waals surface area contributed by atoms with Gasteiger partial charge in [-0.05, 0) is 30.0 Å². The van der Waals surface area contributed by atoms with E-state index in [4.69, 9.17) is 5.84 Å². The molecule has 5 heteroatoms. The Morgan fingerprint density at radius 1 is 1.37 bits per heavy atom. The SMILES string of the molecule is CS(=O)(=O)c1cccc(C(CC2CCCC2)NN)c1. The van der Waals surface area contributed by atoms with Crippen molar-refractivity contribution in [1.82, 2.24) is 5.43 Å². The first kappa shape index (κ1) is 14.5. The summed E-state index contributed by atoms with van der Waals surface area (Å²) in [7, 11) is -3.16. The third kappa shape index (κ3) is 3.78. The number of nitrogens with one attached hydrogen (secondary N) is 1. The zero-order valence-corrected chi connectivity index (χ0v) is 12.1. The highest BCUT2D eigenvalue weighted by molar-refractivity contribution is 7.90. The number of rotatable bonds is 5. The maximum absolute atomic E-state index is 11.6. The van der Waals surface area contributed by atoms with Crippen LogP contribution < -0.4 is 11.3 Å². The Kier molecular flexibility index (Phi) is 4.60. The second-order valence-electron chi connectivity index (χ2n) is 5.45. The van der Waals surface area contributed by atoms with Crippen LogP contribution in [0, 0.1) is 5.92 Å². The zero-order valence-electron chi connectivity index (χ0n) is 11.3. The predicted molar refractivity (Wildman–Crippen MR) is 76.2 cm³/mol. The molecule has 1 aromatic rings. The summed E-state index contributed by atoms with van der Waals surface area (Å²) in [5, 5.41) is 0. The zero-order chi connectivity index (χ0) is 13.9. The van der Waals surface area contributed by atoms with Crippen molar-refractivity contribution in [3.8, 4) is 0 Å². The molecule has 0 aliphatic heterocycles. The summed E-state index contributed by atoms with van der Waals surface area (Å²) in [6, 6.07) is 7.11. The molecule has 1 unspecified atom stereocenters. The standard InChI is InChI=1S/C14H22N2O2S/c1-19(17,18)13-8-4-7-12(10-13)14(16-15)9-11-5-2-3-6-11/h4,7-8,10-11,14,16H,2-3,5-6,9,15H2,1H3. The van der Waals surface area contributed by atoms with Crippen LogP contribution in [0.25, 0.3) is 0 Å². The minimum atomic E-state index is -3.16. The molecule has 0 radical (unpaired) electrons. The molecule has 4 nitrogen and oxygen atoms in total. The fourth-order valence-corrected chi connectivity index (χ4v) is 3.52. The first-order chi connectivity index (χ1) is 9.00. The van der Waals surface area contributed by atoms with Gasteiger partial charge >= 0.3 is 0 Å². The monoisotopic (exact) mass is 282 g/mol. The summed E-state index contributed by atoms with van der Waals surface area (Å²) in [5.41, 5.74) is 3.78. The Labute approximate surface area is 115 Å². The Hall–Kier alpha value is -0.910. The van der Waals surface area contributed by atoms with Gasteiger partial charge in [-0.15, -0.1) is 0 Å². The van der Waals surface area contributed by atoms with Gasteiger partial charge in [-0.3, -0.25) is 11.3 Å². The molecule has 3 N–H and O–H groups in total. The van der Waals surface area contributed by atoms with Gasteiger partial charge in [-0.2, -0.15) is 0 Å². The molecule has 0 heterocycles. The molecular weight excluding hydrogens is 260 g/mol. The summed E-state index contributed by atoms with van der Waals surface area (Å²) in [5.74, 6) is 6.34. The minimum absolute atomic E-state index is 0.0322. The van der Waals surface area contributed by atoms with Gasteiger partial charge < -0.3 is 0 Å². The molecule has 1 aromatic carbocycles. The fraction of sp³-hybridized carbons (Fsp3) is 0.571. The smallest absolute Gasteiger partial charge is 0.175 e. The quantitative estimate of drug-likeness (QED) is 0.641. The lowest BCUT2D eigenvalue weighted by Crippen LogP contribution is -2.29. The number of hydrazine groups is 1. The number of hydrogen-bond acceptors (Lipinski definition) is 4. The number of sulfone groups is 1. The van der Waals surface area contributed by atoms with E-state index in [0.717, 1.165) is 12.0 Å². The average Bonchev–Trinajstić information content (AvgIpc) is 2.88. The molecule has 0 spiro atoms. The van der Waals surface area contributed by atoms with E-state index in [1.807, 2.05) is 6.07 Å². The van der Waals surface area contributed by atoms with Crippen LogP contribution >= 0.6 is 0 Å². The molecule has 1 fully saturated rings. The third-order valence-corrected chi connectivity index (χ3v) is 5.04. The van der Waals surface area contributed by atoms with Crippen LogP contribution in [-0.4, -0.2) is 14.7 Å². The molecule has 0 amide bonds. The Morgan fingerprint density at radius 2 is 2.05 bits per heavy atom. The van der Waals surface area contributed by atoms with Crippen LogP contribution in [0.4, 0.5) is 0 Å². The molecular formula is C14H22N2O2S. The lowest BCUT2D eigenvalue weighted by molar-refractivity contribution is 0.399. The first-order valence-corrected chi connectivity index (χ1v) is 8.66. The highest BCUT2D eigenvalue weighted by Crippen LogP contribution is 2.33. The van der Waals surface area contributed by atoms with Crippen molar-refractivity contribution in [2.45, 2.75) is 43.0 Å². The van der Waals surface area contributed by atoms with Crippen molar-refractivity contribution in [3.05, 3.63) is 29.8 Å². The van der Waals surface area contributed by atoms with Gasteiger partial charge in [0.1, 0.15) is 0 Å². The highest BCUT2D eigenvalue weighted by atomic mass is 32.2. The van der Waals surface area contributed by atoms with Crippen molar-refractivity contribution < 1.29 is 8.42 Å². The molecule has 0 aromatic heterocycles. The van der Waals surface area contributed by atoms with Crippen molar-refractivity contribution in [2.24, 2.45) is 11.8 Å². The second-order valence-corrected chi connectivity index (χ2v) is 7.47. The van der Waals surface area contributed by atoms with Crippen LogP contribution in [-0.2, 0) is 9.84 Å². The van der Waals surface area contributed by atoms with E-state index in [-0.39, 0.29) is 6.04 Å². The van der Waals surface area contributed by atoms with E-state index in [2.05, 4.69) is 5.43 Å². The largest absolute Gasteiger partial charge is 0.271 e. The topological polar surface area (TPSA) is 72.2 Å². The summed E-state index contributed by atoms with van der Waals surface area (Å²) < 4.78 is 23.2. The Bertz CT molecular complexity index is 522. The molecule has 0 saturated heterocycles. The van der Waals surface area contributed by atoms with Crippen LogP contribution in [0.1, 0.15) is 43.7 Å². The summed E-state index contributed by atoms with van der Waals surface area (Å²) >= 11 is 0. The predicted octanol–water partition coefficient (Wildman–Crippen LogP) is 2.17. The van der Waals surface area contributed by atoms with Crippen molar-refractivity contribution in [3.63, 3.8) is 0 Å². The Balaban J connectivity index is 2.18. The molecule has 1 aliphatic carbocycles. The Morgan fingerprint density at radius 3 is 2.63 bits per heavy atom. The van der Waals surface area contributed by atoms with Gasteiger partial charge in [0, 0.05) is 12.3 Å². The van der Waals surface area contributed by atoms with Crippen LogP contribution in [0.2, 0.25) is 0 Å². The first-order valence-electron chi connectivity index (χ1n) is 6.77. The van der Waals surface area contributed by atoms with Gasteiger partial charge in [0.15, 0.2) is 9.84 Å². The number of benzene rings is 1. The van der Waals surface area contributed by atoms with Crippen LogP contribution in [0.3, 0.4) is 0 Å². The average molecular weight is 282 g/mol. The third-order valence-electron chi connectivity index (χ3n) is 3.93. The van der Waals surface area contributed by atoms with Crippen LogP contribution in [0.5, 0.6) is 0 Å². The van der Waals surface area contributed by atoms with E-state index in [1.165, 1.54) is 31.9 Å². The van der Waals surface area contributed by atoms with Crippen molar-refractivity contribution in [2.75, 3.05) is 6.26 Å². The number of nitrogens with two attached hydrogens (primary N) is 1. The highest BCUT2D eigenvalue weighted by Gasteiger charge is 2.21. The van der Waals surface area contributed by atoms with Gasteiger partial charge in [0.2, 0.25) is 0 Å². The number of hydrogen-bond donors (Lipinski definition) is 2. The van der Waals surface area contributed by atoms with Crippen molar-refractivity contribution in [1.29, 1.82) is 0 Å². The lowest BCUT2D eigenvalue weighted by atomic mass is 9.94. The molecule has 1 saturated carbocycles. The van der Waals surface area contributed by atoms with E-state index in [1.54, 1.807) is 18.2 Å². The van der Waals surface area contributed by atoms with E-state index >= 15 is 0 Å². The van der Waals surface area contributed by atoms with E-state index in [0.29, 0.717) is 10.8 Å². The molecule has 0 bridgehead atoms. The maximum Gasteiger partial charge on any atom is 0.175 e. The van der Waals surface area contributed by atoms with Gasteiger partial charge in [-0.1, -0.05) is 37.8 Å². The molecule has 19 heavy (non-hydrogen) atoms. The molecule has 1 aliphatic rings. The van der Waals surface area contributed by atoms with Crippen molar-refractivity contribution >= 4 is 9.84 Å². The van der Waals surface area contributed by atoms with Gasteiger partial charge in [-0.25, -0.2) is 8.42 Å². The van der Waals surface area contributed by atoms with Gasteiger partial charge in [0.05, 0.1) is 4.90 Å². The van der Waals surface area contributed by atoms with E-state index < -0.39 is 9.84 Å². The molecule has 106 valence electrons. The summed E-state index contributed by atoms with van der Waals surface area (Å²) in [6.45, 7) is 0. The van der Waals surface area contributed by atoms with E-state index in [9.17, 15) is 8.42 Å². The second kappa shape index (κ2) is 6.03. The van der Waals surface area contributed by atoms with Crippen LogP contribution in [0.15, 0.2) is 29.2 Å². The summed E-state index contributed by atoms with van der Waals surface area (Å²) in [4.78, 5) is 0.358. The normalized spacial score (nSPS) is 18.6.